The molecule has 1 saturated carbocycles. The topological polar surface area (TPSA) is 85.1 Å². The molecular weight excluding hydrogens is 266 g/mol. The number of sulfone groups is 1. The standard InChI is InChI=1S/C12H21N3O3S/c1-12(2,19(3,16)17)11-15-14-10(18-11)5-4-8-13-9-6-7-9/h9,13H,4-8H2,1-3H3. The van der Waals surface area contributed by atoms with Gasteiger partial charge in [0.05, 0.1) is 0 Å². The van der Waals surface area contributed by atoms with Crippen LogP contribution in [0, 0.1) is 0 Å². The maximum atomic E-state index is 11.7. The summed E-state index contributed by atoms with van der Waals surface area (Å²) in [5, 5.41) is 11.2. The number of aromatic nitrogens is 2. The van der Waals surface area contributed by atoms with Crippen LogP contribution in [0.15, 0.2) is 4.42 Å². The third-order valence-electron chi connectivity index (χ3n) is 3.49. The van der Waals surface area contributed by atoms with E-state index in [2.05, 4.69) is 15.5 Å². The first-order chi connectivity index (χ1) is 8.80. The molecule has 1 heterocycles. The van der Waals surface area contributed by atoms with Crippen LogP contribution in [-0.2, 0) is 21.0 Å². The van der Waals surface area contributed by atoms with E-state index in [1.807, 2.05) is 0 Å². The van der Waals surface area contributed by atoms with E-state index in [1.165, 1.54) is 19.1 Å². The molecule has 108 valence electrons. The molecule has 0 atom stereocenters. The predicted octanol–water partition coefficient (Wildman–Crippen LogP) is 1.03. The minimum absolute atomic E-state index is 0.167. The van der Waals surface area contributed by atoms with Gasteiger partial charge in [0.25, 0.3) is 0 Å². The maximum absolute atomic E-state index is 11.7. The Balaban J connectivity index is 1.90. The fraction of sp³-hybridized carbons (Fsp3) is 0.833. The second kappa shape index (κ2) is 5.20. The smallest absolute Gasteiger partial charge is 0.237 e. The van der Waals surface area contributed by atoms with E-state index in [0.717, 1.165) is 13.0 Å². The molecule has 6 nitrogen and oxygen atoms in total. The van der Waals surface area contributed by atoms with Crippen molar-refractivity contribution >= 4 is 9.84 Å². The lowest BCUT2D eigenvalue weighted by atomic mass is 10.2. The molecule has 7 heteroatoms. The highest BCUT2D eigenvalue weighted by atomic mass is 32.2. The van der Waals surface area contributed by atoms with E-state index in [1.54, 1.807) is 13.8 Å². The van der Waals surface area contributed by atoms with Crippen molar-refractivity contribution in [1.29, 1.82) is 0 Å². The summed E-state index contributed by atoms with van der Waals surface area (Å²) >= 11 is 0. The average molecular weight is 287 g/mol. The predicted molar refractivity (Wildman–Crippen MR) is 71.5 cm³/mol. The highest BCUT2D eigenvalue weighted by Gasteiger charge is 2.37. The molecule has 1 aromatic heterocycles. The van der Waals surface area contributed by atoms with Gasteiger partial charge in [-0.05, 0) is 39.7 Å². The van der Waals surface area contributed by atoms with Crippen molar-refractivity contribution in [3.05, 3.63) is 11.8 Å². The lowest BCUT2D eigenvalue weighted by molar-refractivity contribution is 0.402. The van der Waals surface area contributed by atoms with Crippen LogP contribution in [0.1, 0.15) is 44.9 Å². The molecule has 0 radical (unpaired) electrons. The van der Waals surface area contributed by atoms with Gasteiger partial charge in [0.1, 0.15) is 4.75 Å². The number of aryl methyl sites for hydroxylation is 1. The van der Waals surface area contributed by atoms with Crippen molar-refractivity contribution in [3.8, 4) is 0 Å². The zero-order valence-electron chi connectivity index (χ0n) is 11.6. The first-order valence-electron chi connectivity index (χ1n) is 6.56. The molecule has 1 N–H and O–H groups in total. The van der Waals surface area contributed by atoms with Crippen LogP contribution >= 0.6 is 0 Å². The Bertz CT molecular complexity index is 532. The molecule has 0 amide bonds. The van der Waals surface area contributed by atoms with Gasteiger partial charge < -0.3 is 9.73 Å². The first kappa shape index (κ1) is 14.5. The highest BCUT2D eigenvalue weighted by Crippen LogP contribution is 2.27. The Hall–Kier alpha value is -0.950. The van der Waals surface area contributed by atoms with Gasteiger partial charge >= 0.3 is 0 Å². The summed E-state index contributed by atoms with van der Waals surface area (Å²) < 4.78 is 27.7. The van der Waals surface area contributed by atoms with Crippen molar-refractivity contribution in [3.63, 3.8) is 0 Å². The minimum atomic E-state index is -3.28. The Kier molecular flexibility index (Phi) is 3.96. The summed E-state index contributed by atoms with van der Waals surface area (Å²) in [6.07, 6.45) is 5.31. The summed E-state index contributed by atoms with van der Waals surface area (Å²) in [7, 11) is -3.28. The molecular formula is C12H21N3O3S. The third-order valence-corrected chi connectivity index (χ3v) is 5.52. The van der Waals surface area contributed by atoms with Gasteiger partial charge in [0, 0.05) is 18.7 Å². The van der Waals surface area contributed by atoms with Gasteiger partial charge in [-0.1, -0.05) is 0 Å². The summed E-state index contributed by atoms with van der Waals surface area (Å²) in [6.45, 7) is 4.08. The van der Waals surface area contributed by atoms with Crippen LogP contribution < -0.4 is 5.32 Å². The zero-order chi connectivity index (χ0) is 14.1. The van der Waals surface area contributed by atoms with Gasteiger partial charge in [-0.3, -0.25) is 0 Å². The first-order valence-corrected chi connectivity index (χ1v) is 8.45. The van der Waals surface area contributed by atoms with Crippen molar-refractivity contribution in [2.45, 2.75) is 50.3 Å². The molecule has 0 spiro atoms. The molecule has 1 aliphatic rings. The molecule has 0 saturated heterocycles. The maximum Gasteiger partial charge on any atom is 0.237 e. The molecule has 1 aromatic rings. The van der Waals surface area contributed by atoms with E-state index in [4.69, 9.17) is 4.42 Å². The summed E-state index contributed by atoms with van der Waals surface area (Å²) in [4.78, 5) is 0. The Morgan fingerprint density at radius 1 is 1.37 bits per heavy atom. The van der Waals surface area contributed by atoms with Crippen LogP contribution in [0.5, 0.6) is 0 Å². The Morgan fingerprint density at radius 2 is 2.05 bits per heavy atom. The molecule has 2 rings (SSSR count). The van der Waals surface area contributed by atoms with Crippen LogP contribution in [0.2, 0.25) is 0 Å². The number of hydrogen-bond acceptors (Lipinski definition) is 6. The Labute approximate surface area is 113 Å². The van der Waals surface area contributed by atoms with Gasteiger partial charge in [0.2, 0.25) is 11.8 Å². The lowest BCUT2D eigenvalue weighted by Crippen LogP contribution is -2.28. The van der Waals surface area contributed by atoms with Crippen LogP contribution in [0.25, 0.3) is 0 Å². The quantitative estimate of drug-likeness (QED) is 0.754. The van der Waals surface area contributed by atoms with Gasteiger partial charge in [-0.2, -0.15) is 0 Å². The number of nitrogens with zero attached hydrogens (tertiary/aromatic N) is 2. The molecule has 19 heavy (non-hydrogen) atoms. The largest absolute Gasteiger partial charge is 0.424 e. The fourth-order valence-electron chi connectivity index (χ4n) is 1.59. The van der Waals surface area contributed by atoms with E-state index in [0.29, 0.717) is 18.4 Å². The molecule has 1 fully saturated rings. The van der Waals surface area contributed by atoms with Crippen LogP contribution in [0.4, 0.5) is 0 Å². The Morgan fingerprint density at radius 3 is 2.63 bits per heavy atom. The number of hydrogen-bond donors (Lipinski definition) is 1. The van der Waals surface area contributed by atoms with Crippen LogP contribution in [-0.4, -0.2) is 37.5 Å². The summed E-state index contributed by atoms with van der Waals surface area (Å²) in [5.74, 6) is 0.671. The SMILES string of the molecule is CC(C)(c1nnc(CCCNC2CC2)o1)S(C)(=O)=O. The van der Waals surface area contributed by atoms with Crippen molar-refractivity contribution in [2.75, 3.05) is 12.8 Å². The second-order valence-electron chi connectivity index (χ2n) is 5.62. The van der Waals surface area contributed by atoms with Gasteiger partial charge in [-0.25, -0.2) is 8.42 Å². The van der Waals surface area contributed by atoms with Crippen molar-refractivity contribution in [2.24, 2.45) is 0 Å². The monoisotopic (exact) mass is 287 g/mol. The second-order valence-corrected chi connectivity index (χ2v) is 8.18. The third kappa shape index (κ3) is 3.54. The minimum Gasteiger partial charge on any atom is -0.424 e. The highest BCUT2D eigenvalue weighted by molar-refractivity contribution is 7.91. The molecule has 0 aromatic carbocycles. The van der Waals surface area contributed by atoms with E-state index < -0.39 is 14.6 Å². The van der Waals surface area contributed by atoms with Crippen LogP contribution in [0.3, 0.4) is 0 Å². The average Bonchev–Trinajstić information content (AvgIpc) is 2.99. The van der Waals surface area contributed by atoms with E-state index in [-0.39, 0.29) is 5.89 Å². The normalized spacial score (nSPS) is 16.8. The number of rotatable bonds is 7. The zero-order valence-corrected chi connectivity index (χ0v) is 12.5. The lowest BCUT2D eigenvalue weighted by Gasteiger charge is -2.16. The molecule has 0 unspecified atom stereocenters. The molecule has 0 aliphatic heterocycles. The van der Waals surface area contributed by atoms with Gasteiger partial charge in [0.15, 0.2) is 9.84 Å². The fourth-order valence-corrected chi connectivity index (χ4v) is 1.99. The van der Waals surface area contributed by atoms with Gasteiger partial charge in [-0.15, -0.1) is 10.2 Å². The molecule has 0 bridgehead atoms. The molecule has 1 aliphatic carbocycles. The van der Waals surface area contributed by atoms with E-state index in [9.17, 15) is 8.42 Å². The summed E-state index contributed by atoms with van der Waals surface area (Å²) in [6, 6.07) is 0.697. The van der Waals surface area contributed by atoms with Crippen molar-refractivity contribution in [1.82, 2.24) is 15.5 Å². The van der Waals surface area contributed by atoms with Crippen molar-refractivity contribution < 1.29 is 12.8 Å². The number of nitrogens with one attached hydrogen (secondary N) is 1. The van der Waals surface area contributed by atoms with E-state index >= 15 is 0 Å². The summed E-state index contributed by atoms with van der Waals surface area (Å²) in [5.41, 5.74) is 0.